The van der Waals surface area contributed by atoms with E-state index in [1.165, 1.54) is 12.1 Å². The van der Waals surface area contributed by atoms with Crippen LogP contribution < -0.4 is 5.73 Å². The Hall–Kier alpha value is -1.00. The summed E-state index contributed by atoms with van der Waals surface area (Å²) in [5.74, 6) is -1.05. The van der Waals surface area contributed by atoms with Gasteiger partial charge in [-0.1, -0.05) is 13.3 Å². The molecule has 0 aromatic heterocycles. The summed E-state index contributed by atoms with van der Waals surface area (Å²) >= 11 is 0. The molecule has 0 radical (unpaired) electrons. The zero-order valence-corrected chi connectivity index (χ0v) is 11.4. The molecule has 106 valence electrons. The number of nitrogens with two attached hydrogens (primary N) is 1. The Morgan fingerprint density at radius 1 is 1.21 bits per heavy atom. The van der Waals surface area contributed by atoms with Crippen LogP contribution in [0.1, 0.15) is 44.2 Å². The lowest BCUT2D eigenvalue weighted by Crippen LogP contribution is -2.40. The largest absolute Gasteiger partial charge is 0.326 e. The van der Waals surface area contributed by atoms with Crippen LogP contribution in [0.3, 0.4) is 0 Å². The quantitative estimate of drug-likeness (QED) is 0.912. The SMILES string of the molecule is CCCN1CCCCC(N)C1c1cc(F)cc(F)c1. The number of likely N-dealkylation sites (tertiary alicyclic amines) is 1. The van der Waals surface area contributed by atoms with Crippen molar-refractivity contribution in [1.29, 1.82) is 0 Å². The number of rotatable bonds is 3. The van der Waals surface area contributed by atoms with Gasteiger partial charge >= 0.3 is 0 Å². The molecule has 0 aliphatic carbocycles. The summed E-state index contributed by atoms with van der Waals surface area (Å²) in [5, 5.41) is 0. The van der Waals surface area contributed by atoms with E-state index in [2.05, 4.69) is 11.8 Å². The van der Waals surface area contributed by atoms with Crippen molar-refractivity contribution in [1.82, 2.24) is 4.90 Å². The van der Waals surface area contributed by atoms with Crippen molar-refractivity contribution in [3.63, 3.8) is 0 Å². The van der Waals surface area contributed by atoms with E-state index in [4.69, 9.17) is 5.73 Å². The minimum atomic E-state index is -0.525. The van der Waals surface area contributed by atoms with E-state index in [-0.39, 0.29) is 12.1 Å². The van der Waals surface area contributed by atoms with Crippen LogP contribution in [0.5, 0.6) is 0 Å². The van der Waals surface area contributed by atoms with Gasteiger partial charge in [0.2, 0.25) is 0 Å². The predicted molar refractivity (Wildman–Crippen MR) is 72.8 cm³/mol. The van der Waals surface area contributed by atoms with Crippen LogP contribution in [-0.2, 0) is 0 Å². The lowest BCUT2D eigenvalue weighted by molar-refractivity contribution is 0.185. The second-order valence-electron chi connectivity index (χ2n) is 5.34. The molecule has 1 aliphatic heterocycles. The number of halogens is 2. The highest BCUT2D eigenvalue weighted by Crippen LogP contribution is 2.30. The molecule has 4 heteroatoms. The Bertz CT molecular complexity index is 402. The first-order chi connectivity index (χ1) is 9.11. The van der Waals surface area contributed by atoms with Gasteiger partial charge in [0, 0.05) is 12.1 Å². The lowest BCUT2D eigenvalue weighted by atomic mass is 9.96. The van der Waals surface area contributed by atoms with Gasteiger partial charge in [-0.2, -0.15) is 0 Å². The highest BCUT2D eigenvalue weighted by Gasteiger charge is 2.28. The molecule has 1 heterocycles. The lowest BCUT2D eigenvalue weighted by Gasteiger charge is -2.33. The molecule has 1 fully saturated rings. The van der Waals surface area contributed by atoms with E-state index in [0.29, 0.717) is 5.56 Å². The van der Waals surface area contributed by atoms with Gasteiger partial charge in [0.25, 0.3) is 0 Å². The van der Waals surface area contributed by atoms with Crippen molar-refractivity contribution < 1.29 is 8.78 Å². The molecule has 0 amide bonds. The van der Waals surface area contributed by atoms with Gasteiger partial charge in [0.1, 0.15) is 11.6 Å². The molecule has 2 rings (SSSR count). The Kier molecular flexibility index (Phi) is 4.88. The average Bonchev–Trinajstić information content (AvgIpc) is 2.50. The van der Waals surface area contributed by atoms with Crippen molar-refractivity contribution >= 4 is 0 Å². The standard InChI is InChI=1S/C15H22F2N2/c1-2-6-19-7-4-3-5-14(18)15(19)11-8-12(16)10-13(17)9-11/h8-10,14-15H,2-7,18H2,1H3. The molecule has 1 aromatic carbocycles. The normalized spacial score (nSPS) is 25.3. The van der Waals surface area contributed by atoms with Crippen LogP contribution in [0.4, 0.5) is 8.78 Å². The van der Waals surface area contributed by atoms with Crippen LogP contribution in [0, 0.1) is 11.6 Å². The minimum Gasteiger partial charge on any atom is -0.326 e. The molecule has 2 unspecified atom stereocenters. The van der Waals surface area contributed by atoms with Gasteiger partial charge in [-0.15, -0.1) is 0 Å². The topological polar surface area (TPSA) is 29.3 Å². The molecule has 2 nitrogen and oxygen atoms in total. The van der Waals surface area contributed by atoms with Crippen LogP contribution in [0.15, 0.2) is 18.2 Å². The summed E-state index contributed by atoms with van der Waals surface area (Å²) in [6.45, 7) is 3.97. The highest BCUT2D eigenvalue weighted by atomic mass is 19.1. The monoisotopic (exact) mass is 268 g/mol. The zero-order chi connectivity index (χ0) is 13.8. The van der Waals surface area contributed by atoms with Crippen LogP contribution in [0.25, 0.3) is 0 Å². The van der Waals surface area contributed by atoms with Gasteiger partial charge in [-0.3, -0.25) is 4.90 Å². The van der Waals surface area contributed by atoms with Gasteiger partial charge in [0.15, 0.2) is 0 Å². The summed E-state index contributed by atoms with van der Waals surface area (Å²) in [4.78, 5) is 2.27. The molecular formula is C15H22F2N2. The highest BCUT2D eigenvalue weighted by molar-refractivity contribution is 5.23. The van der Waals surface area contributed by atoms with Gasteiger partial charge in [0.05, 0.1) is 6.04 Å². The summed E-state index contributed by atoms with van der Waals surface area (Å²) < 4.78 is 26.9. The van der Waals surface area contributed by atoms with Gasteiger partial charge in [-0.25, -0.2) is 8.78 Å². The van der Waals surface area contributed by atoms with Crippen molar-refractivity contribution in [2.24, 2.45) is 5.73 Å². The first-order valence-electron chi connectivity index (χ1n) is 7.07. The number of hydrogen-bond acceptors (Lipinski definition) is 2. The summed E-state index contributed by atoms with van der Waals surface area (Å²) in [7, 11) is 0. The van der Waals surface area contributed by atoms with E-state index >= 15 is 0 Å². The number of hydrogen-bond donors (Lipinski definition) is 1. The van der Waals surface area contributed by atoms with Crippen molar-refractivity contribution in [3.8, 4) is 0 Å². The maximum Gasteiger partial charge on any atom is 0.126 e. The molecular weight excluding hydrogens is 246 g/mol. The summed E-state index contributed by atoms with van der Waals surface area (Å²) in [6.07, 6.45) is 4.10. The van der Waals surface area contributed by atoms with Gasteiger partial charge in [-0.05, 0) is 50.0 Å². The molecule has 1 aliphatic rings. The Morgan fingerprint density at radius 3 is 2.53 bits per heavy atom. The van der Waals surface area contributed by atoms with E-state index in [0.717, 1.165) is 44.8 Å². The maximum atomic E-state index is 13.4. The van der Waals surface area contributed by atoms with E-state index < -0.39 is 11.6 Å². The molecule has 0 bridgehead atoms. The fraction of sp³-hybridized carbons (Fsp3) is 0.600. The molecule has 0 saturated carbocycles. The second-order valence-corrected chi connectivity index (χ2v) is 5.34. The third-order valence-electron chi connectivity index (χ3n) is 3.77. The van der Waals surface area contributed by atoms with Crippen LogP contribution in [0.2, 0.25) is 0 Å². The molecule has 19 heavy (non-hydrogen) atoms. The Labute approximate surface area is 113 Å². The average molecular weight is 268 g/mol. The molecule has 1 saturated heterocycles. The second kappa shape index (κ2) is 6.44. The fourth-order valence-electron chi connectivity index (χ4n) is 3.00. The smallest absolute Gasteiger partial charge is 0.126 e. The number of benzene rings is 1. The number of nitrogens with zero attached hydrogens (tertiary/aromatic N) is 1. The molecule has 2 atom stereocenters. The van der Waals surface area contributed by atoms with Crippen LogP contribution in [-0.4, -0.2) is 24.0 Å². The first-order valence-corrected chi connectivity index (χ1v) is 7.07. The van der Waals surface area contributed by atoms with E-state index in [1.54, 1.807) is 0 Å². The summed E-state index contributed by atoms with van der Waals surface area (Å²) in [5.41, 5.74) is 6.91. The molecule has 2 N–H and O–H groups in total. The molecule has 0 spiro atoms. The van der Waals surface area contributed by atoms with Crippen molar-refractivity contribution in [2.75, 3.05) is 13.1 Å². The maximum absolute atomic E-state index is 13.4. The van der Waals surface area contributed by atoms with Crippen LogP contribution >= 0.6 is 0 Å². The van der Waals surface area contributed by atoms with Crippen molar-refractivity contribution in [2.45, 2.75) is 44.7 Å². The molecule has 1 aromatic rings. The third kappa shape index (κ3) is 3.51. The van der Waals surface area contributed by atoms with E-state index in [9.17, 15) is 8.78 Å². The van der Waals surface area contributed by atoms with E-state index in [1.807, 2.05) is 0 Å². The zero-order valence-electron chi connectivity index (χ0n) is 11.4. The third-order valence-corrected chi connectivity index (χ3v) is 3.77. The Balaban J connectivity index is 2.33. The predicted octanol–water partition coefficient (Wildman–Crippen LogP) is 3.23. The first kappa shape index (κ1) is 14.4. The summed E-state index contributed by atoms with van der Waals surface area (Å²) in [6, 6.07) is 3.61. The van der Waals surface area contributed by atoms with Gasteiger partial charge < -0.3 is 5.73 Å². The fourth-order valence-corrected chi connectivity index (χ4v) is 3.00. The van der Waals surface area contributed by atoms with Crippen molar-refractivity contribution in [3.05, 3.63) is 35.4 Å². The minimum absolute atomic E-state index is 0.0600. The Morgan fingerprint density at radius 2 is 1.89 bits per heavy atom.